The SMILES string of the molecule is [B]CCCC(C)C(C)C(C)CCCC1C(C)CC1C. The Morgan fingerprint density at radius 1 is 0.947 bits per heavy atom. The maximum absolute atomic E-state index is 5.61. The summed E-state index contributed by atoms with van der Waals surface area (Å²) in [5, 5.41) is 0. The number of rotatable bonds is 9. The Morgan fingerprint density at radius 3 is 1.95 bits per heavy atom. The van der Waals surface area contributed by atoms with Gasteiger partial charge in [0.05, 0.1) is 7.85 Å². The zero-order chi connectivity index (χ0) is 14.4. The Kier molecular flexibility index (Phi) is 7.54. The summed E-state index contributed by atoms with van der Waals surface area (Å²) in [5.74, 6) is 5.57. The molecule has 0 aromatic heterocycles. The van der Waals surface area contributed by atoms with Crippen molar-refractivity contribution in [3.63, 3.8) is 0 Å². The molecule has 1 rings (SSSR count). The van der Waals surface area contributed by atoms with Crippen LogP contribution in [0.2, 0.25) is 6.32 Å². The van der Waals surface area contributed by atoms with Crippen LogP contribution in [0.4, 0.5) is 0 Å². The molecule has 0 aliphatic heterocycles. The van der Waals surface area contributed by atoms with Gasteiger partial charge in [-0.25, -0.2) is 0 Å². The molecule has 0 nitrogen and oxygen atoms in total. The molecule has 110 valence electrons. The molecule has 5 unspecified atom stereocenters. The van der Waals surface area contributed by atoms with Crippen LogP contribution in [0.25, 0.3) is 0 Å². The lowest BCUT2D eigenvalue weighted by molar-refractivity contribution is 0.0867. The van der Waals surface area contributed by atoms with Gasteiger partial charge < -0.3 is 0 Å². The maximum atomic E-state index is 5.61. The second-order valence-corrected chi connectivity index (χ2v) is 7.53. The predicted molar refractivity (Wildman–Crippen MR) is 87.6 cm³/mol. The molecule has 1 heteroatoms. The van der Waals surface area contributed by atoms with Gasteiger partial charge in [0.1, 0.15) is 0 Å². The van der Waals surface area contributed by atoms with Crippen LogP contribution >= 0.6 is 0 Å². The molecule has 1 saturated carbocycles. The summed E-state index contributed by atoms with van der Waals surface area (Å²) < 4.78 is 0. The highest BCUT2D eigenvalue weighted by Gasteiger charge is 2.33. The van der Waals surface area contributed by atoms with E-state index in [0.717, 1.165) is 41.8 Å². The largest absolute Gasteiger partial charge is 0.0887 e. The van der Waals surface area contributed by atoms with E-state index in [1.165, 1.54) is 38.5 Å². The molecule has 0 bridgehead atoms. The smallest absolute Gasteiger partial charge is 0.0653 e. The van der Waals surface area contributed by atoms with Gasteiger partial charge in [0.15, 0.2) is 0 Å². The lowest BCUT2D eigenvalue weighted by Crippen LogP contribution is -2.32. The van der Waals surface area contributed by atoms with Crippen molar-refractivity contribution in [3.05, 3.63) is 0 Å². The van der Waals surface area contributed by atoms with Gasteiger partial charge in [0.2, 0.25) is 0 Å². The summed E-state index contributed by atoms with van der Waals surface area (Å²) in [7, 11) is 5.61. The Labute approximate surface area is 123 Å². The molecule has 1 aliphatic carbocycles. The van der Waals surface area contributed by atoms with Crippen molar-refractivity contribution in [2.75, 3.05) is 0 Å². The van der Waals surface area contributed by atoms with E-state index >= 15 is 0 Å². The first-order valence-corrected chi connectivity index (χ1v) is 8.67. The van der Waals surface area contributed by atoms with Crippen molar-refractivity contribution in [1.82, 2.24) is 0 Å². The minimum absolute atomic E-state index is 0.833. The third-order valence-electron chi connectivity index (χ3n) is 6.06. The van der Waals surface area contributed by atoms with Crippen LogP contribution in [0.15, 0.2) is 0 Å². The standard InChI is InChI=1S/C18H35B/c1-13(17(5)14(2)9-7-11-19)8-6-10-18-15(3)12-16(18)4/h13-18H,6-12H2,1-5H3. The second-order valence-electron chi connectivity index (χ2n) is 7.53. The molecule has 1 fully saturated rings. The van der Waals surface area contributed by atoms with Crippen molar-refractivity contribution in [1.29, 1.82) is 0 Å². The molecule has 5 atom stereocenters. The summed E-state index contributed by atoms with van der Waals surface area (Å²) in [4.78, 5) is 0. The number of hydrogen-bond donors (Lipinski definition) is 0. The molecule has 0 amide bonds. The van der Waals surface area contributed by atoms with E-state index in [9.17, 15) is 0 Å². The minimum Gasteiger partial charge on any atom is -0.0887 e. The molecule has 19 heavy (non-hydrogen) atoms. The quantitative estimate of drug-likeness (QED) is 0.466. The van der Waals surface area contributed by atoms with Crippen LogP contribution in [0.3, 0.4) is 0 Å². The fourth-order valence-corrected chi connectivity index (χ4v) is 4.07. The van der Waals surface area contributed by atoms with Crippen LogP contribution in [-0.4, -0.2) is 7.85 Å². The third-order valence-corrected chi connectivity index (χ3v) is 6.06. The van der Waals surface area contributed by atoms with Gasteiger partial charge in [-0.15, -0.1) is 0 Å². The molecule has 2 radical (unpaired) electrons. The van der Waals surface area contributed by atoms with Crippen molar-refractivity contribution in [2.24, 2.45) is 35.5 Å². The lowest BCUT2D eigenvalue weighted by atomic mass is 9.64. The maximum Gasteiger partial charge on any atom is 0.0653 e. The summed E-state index contributed by atoms with van der Waals surface area (Å²) in [6, 6.07) is 0. The Balaban J connectivity index is 2.17. The van der Waals surface area contributed by atoms with E-state index in [0.29, 0.717) is 0 Å². The first kappa shape index (κ1) is 17.1. The molecular weight excluding hydrogens is 227 g/mol. The highest BCUT2D eigenvalue weighted by atomic mass is 14.4. The average molecular weight is 262 g/mol. The highest BCUT2D eigenvalue weighted by Crippen LogP contribution is 2.43. The zero-order valence-corrected chi connectivity index (χ0v) is 14.0. The van der Waals surface area contributed by atoms with Crippen LogP contribution in [0.5, 0.6) is 0 Å². The van der Waals surface area contributed by atoms with Crippen LogP contribution < -0.4 is 0 Å². The van der Waals surface area contributed by atoms with E-state index in [4.69, 9.17) is 7.85 Å². The van der Waals surface area contributed by atoms with E-state index in [1.54, 1.807) is 0 Å². The van der Waals surface area contributed by atoms with Crippen molar-refractivity contribution < 1.29 is 0 Å². The fraction of sp³-hybridized carbons (Fsp3) is 1.00. The van der Waals surface area contributed by atoms with Crippen molar-refractivity contribution in [3.8, 4) is 0 Å². The minimum atomic E-state index is 0.833. The molecule has 0 heterocycles. The molecule has 0 aromatic rings. The molecule has 1 aliphatic rings. The summed E-state index contributed by atoms with van der Waals surface area (Å²) >= 11 is 0. The Morgan fingerprint density at radius 2 is 1.47 bits per heavy atom. The topological polar surface area (TPSA) is 0 Å². The molecular formula is C18H35B. The van der Waals surface area contributed by atoms with Crippen LogP contribution in [0, 0.1) is 35.5 Å². The van der Waals surface area contributed by atoms with Gasteiger partial charge in [0.25, 0.3) is 0 Å². The summed E-state index contributed by atoms with van der Waals surface area (Å²) in [6.45, 7) is 12.2. The summed E-state index contributed by atoms with van der Waals surface area (Å²) in [6.07, 6.45) is 9.14. The van der Waals surface area contributed by atoms with Crippen molar-refractivity contribution in [2.45, 2.75) is 79.5 Å². The average Bonchev–Trinajstić information content (AvgIpc) is 2.39. The van der Waals surface area contributed by atoms with E-state index < -0.39 is 0 Å². The monoisotopic (exact) mass is 262 g/mol. The highest BCUT2D eigenvalue weighted by molar-refractivity contribution is 6.08. The van der Waals surface area contributed by atoms with Crippen LogP contribution in [-0.2, 0) is 0 Å². The van der Waals surface area contributed by atoms with Gasteiger partial charge in [0, 0.05) is 0 Å². The van der Waals surface area contributed by atoms with Gasteiger partial charge in [-0.05, 0) is 48.3 Å². The molecule has 0 saturated heterocycles. The molecule has 0 N–H and O–H groups in total. The van der Waals surface area contributed by atoms with Gasteiger partial charge in [-0.3, -0.25) is 0 Å². The lowest BCUT2D eigenvalue weighted by Gasteiger charge is -2.41. The summed E-state index contributed by atoms with van der Waals surface area (Å²) in [5.41, 5.74) is 0. The first-order valence-electron chi connectivity index (χ1n) is 8.67. The van der Waals surface area contributed by atoms with Gasteiger partial charge in [-0.1, -0.05) is 66.6 Å². The van der Waals surface area contributed by atoms with E-state index in [1.807, 2.05) is 0 Å². The Bertz CT molecular complexity index is 230. The van der Waals surface area contributed by atoms with Gasteiger partial charge in [-0.2, -0.15) is 0 Å². The first-order chi connectivity index (χ1) is 8.97. The van der Waals surface area contributed by atoms with Crippen LogP contribution in [0.1, 0.15) is 73.1 Å². The molecule has 0 aromatic carbocycles. The third kappa shape index (κ3) is 5.16. The molecule has 0 spiro atoms. The number of hydrogen-bond acceptors (Lipinski definition) is 0. The van der Waals surface area contributed by atoms with E-state index in [2.05, 4.69) is 34.6 Å². The fourth-order valence-electron chi connectivity index (χ4n) is 4.07. The van der Waals surface area contributed by atoms with Crippen molar-refractivity contribution >= 4 is 7.85 Å². The van der Waals surface area contributed by atoms with Gasteiger partial charge >= 0.3 is 0 Å². The predicted octanol–water partition coefficient (Wildman–Crippen LogP) is 5.72. The second kappa shape index (κ2) is 8.37. The normalized spacial score (nSPS) is 31.5. The zero-order valence-electron chi connectivity index (χ0n) is 14.0. The van der Waals surface area contributed by atoms with E-state index in [-0.39, 0.29) is 0 Å². The Hall–Kier alpha value is 0.0649.